The number of hydrogen-bond donors (Lipinski definition) is 3. The topological polar surface area (TPSA) is 100 Å². The number of benzene rings is 2. The van der Waals surface area contributed by atoms with Crippen molar-refractivity contribution in [2.24, 2.45) is 0 Å². The molecule has 0 saturated heterocycles. The number of aryl methyl sites for hydroxylation is 1. The number of fused-ring (bicyclic) bond motifs is 1. The average molecular weight is 379 g/mol. The zero-order valence-corrected chi connectivity index (χ0v) is 15.5. The molecule has 2 aromatic carbocycles. The number of aromatic nitrogens is 1. The number of carbonyl (C=O) groups excluding carboxylic acids is 3. The van der Waals surface area contributed by atoms with Crippen molar-refractivity contribution in [3.63, 3.8) is 0 Å². The summed E-state index contributed by atoms with van der Waals surface area (Å²) in [6.45, 7) is 1.45. The van der Waals surface area contributed by atoms with Crippen LogP contribution in [0.5, 0.6) is 0 Å². The van der Waals surface area contributed by atoms with Crippen molar-refractivity contribution < 1.29 is 19.1 Å². The van der Waals surface area contributed by atoms with E-state index in [1.807, 2.05) is 54.6 Å². The Hall–Kier alpha value is -3.61. The van der Waals surface area contributed by atoms with E-state index < -0.39 is 12.0 Å². The van der Waals surface area contributed by atoms with E-state index in [1.54, 1.807) is 6.92 Å². The number of urea groups is 1. The highest BCUT2D eigenvalue weighted by Crippen LogP contribution is 2.22. The van der Waals surface area contributed by atoms with E-state index in [9.17, 15) is 14.4 Å². The Labute approximate surface area is 162 Å². The smallest absolute Gasteiger partial charge is 0.325 e. The van der Waals surface area contributed by atoms with Crippen LogP contribution in [0, 0.1) is 6.92 Å². The highest BCUT2D eigenvalue weighted by Gasteiger charge is 2.17. The maximum absolute atomic E-state index is 12.4. The molecule has 0 aliphatic heterocycles. The fraction of sp³-hybridized carbons (Fsp3) is 0.190. The lowest BCUT2D eigenvalue weighted by Gasteiger charge is -2.08. The third-order valence-corrected chi connectivity index (χ3v) is 4.23. The van der Waals surface area contributed by atoms with Crippen LogP contribution in [0.15, 0.2) is 54.6 Å². The van der Waals surface area contributed by atoms with E-state index in [1.165, 1.54) is 0 Å². The molecule has 144 valence electrons. The van der Waals surface area contributed by atoms with E-state index >= 15 is 0 Å². The summed E-state index contributed by atoms with van der Waals surface area (Å²) >= 11 is 0. The number of ketones is 1. The normalized spacial score (nSPS) is 10.5. The lowest BCUT2D eigenvalue weighted by atomic mass is 10.1. The number of ether oxygens (including phenoxy) is 1. The molecule has 28 heavy (non-hydrogen) atoms. The van der Waals surface area contributed by atoms with Crippen LogP contribution in [0.2, 0.25) is 0 Å². The van der Waals surface area contributed by atoms with Crippen LogP contribution in [0.4, 0.5) is 4.79 Å². The monoisotopic (exact) mass is 379 g/mol. The van der Waals surface area contributed by atoms with Crippen LogP contribution in [0.25, 0.3) is 10.9 Å². The number of carbonyl (C=O) groups is 3. The first kappa shape index (κ1) is 19.2. The third-order valence-electron chi connectivity index (χ3n) is 4.23. The van der Waals surface area contributed by atoms with E-state index in [-0.39, 0.29) is 18.9 Å². The fourth-order valence-electron chi connectivity index (χ4n) is 2.90. The predicted molar refractivity (Wildman–Crippen MR) is 105 cm³/mol. The molecular weight excluding hydrogens is 358 g/mol. The maximum Gasteiger partial charge on any atom is 0.325 e. The van der Waals surface area contributed by atoms with Gasteiger partial charge in [0.15, 0.2) is 6.61 Å². The van der Waals surface area contributed by atoms with Gasteiger partial charge in [-0.25, -0.2) is 4.79 Å². The zero-order valence-electron chi connectivity index (χ0n) is 15.5. The fourth-order valence-corrected chi connectivity index (χ4v) is 2.90. The Morgan fingerprint density at radius 3 is 2.46 bits per heavy atom. The van der Waals surface area contributed by atoms with Crippen LogP contribution in [-0.2, 0) is 16.1 Å². The van der Waals surface area contributed by atoms with Crippen LogP contribution < -0.4 is 10.6 Å². The van der Waals surface area contributed by atoms with Crippen molar-refractivity contribution in [1.82, 2.24) is 15.6 Å². The van der Waals surface area contributed by atoms with Crippen LogP contribution >= 0.6 is 0 Å². The second-order valence-electron chi connectivity index (χ2n) is 6.28. The molecule has 0 bridgehead atoms. The third kappa shape index (κ3) is 4.76. The van der Waals surface area contributed by atoms with Crippen LogP contribution in [0.1, 0.15) is 21.6 Å². The van der Waals surface area contributed by atoms with Gasteiger partial charge < -0.3 is 20.4 Å². The van der Waals surface area contributed by atoms with Crippen molar-refractivity contribution in [2.45, 2.75) is 13.5 Å². The van der Waals surface area contributed by atoms with Gasteiger partial charge in [-0.3, -0.25) is 9.59 Å². The largest absolute Gasteiger partial charge is 0.456 e. The number of para-hydroxylation sites is 1. The van der Waals surface area contributed by atoms with Crippen molar-refractivity contribution in [3.05, 3.63) is 71.4 Å². The van der Waals surface area contributed by atoms with Gasteiger partial charge in [0.1, 0.15) is 6.54 Å². The van der Waals surface area contributed by atoms with Gasteiger partial charge in [0.25, 0.3) is 0 Å². The summed E-state index contributed by atoms with van der Waals surface area (Å²) in [7, 11) is 0. The van der Waals surface area contributed by atoms with Gasteiger partial charge in [0.2, 0.25) is 5.78 Å². The summed E-state index contributed by atoms with van der Waals surface area (Å²) < 4.78 is 5.00. The highest BCUT2D eigenvalue weighted by atomic mass is 16.5. The summed E-state index contributed by atoms with van der Waals surface area (Å²) in [5.41, 5.74) is 3.03. The molecule has 0 aliphatic rings. The quantitative estimate of drug-likeness (QED) is 0.434. The van der Waals surface area contributed by atoms with E-state index in [0.29, 0.717) is 12.1 Å². The number of amides is 2. The summed E-state index contributed by atoms with van der Waals surface area (Å²) in [4.78, 5) is 39.1. The van der Waals surface area contributed by atoms with Crippen LogP contribution in [-0.4, -0.2) is 35.9 Å². The maximum atomic E-state index is 12.4. The molecule has 1 aromatic heterocycles. The van der Waals surface area contributed by atoms with Gasteiger partial charge in [-0.05, 0) is 18.6 Å². The second kappa shape index (κ2) is 8.85. The van der Waals surface area contributed by atoms with Crippen LogP contribution in [0.3, 0.4) is 0 Å². The number of rotatable bonds is 7. The number of esters is 1. The van der Waals surface area contributed by atoms with Crippen molar-refractivity contribution >= 4 is 28.7 Å². The Morgan fingerprint density at radius 1 is 0.964 bits per heavy atom. The molecule has 1 heterocycles. The first-order valence-corrected chi connectivity index (χ1v) is 8.86. The minimum atomic E-state index is -0.680. The molecular formula is C21H21N3O4. The number of Topliss-reactive ketones (excluding diaryl/α,β-unsaturated/α-hetero) is 1. The molecule has 7 heteroatoms. The summed E-state index contributed by atoms with van der Waals surface area (Å²) in [6.07, 6.45) is 0. The Morgan fingerprint density at radius 2 is 1.68 bits per heavy atom. The molecule has 0 saturated carbocycles. The number of aromatic amines is 1. The van der Waals surface area contributed by atoms with Gasteiger partial charge >= 0.3 is 12.0 Å². The Bertz CT molecular complexity index is 995. The SMILES string of the molecule is Cc1[nH]c2ccccc2c1C(=O)COC(=O)CNC(=O)NCc1ccccc1. The average Bonchev–Trinajstić information content (AvgIpc) is 3.05. The molecule has 0 spiro atoms. The lowest BCUT2D eigenvalue weighted by molar-refractivity contribution is -0.141. The molecule has 0 unspecified atom stereocenters. The number of hydrogen-bond acceptors (Lipinski definition) is 4. The predicted octanol–water partition coefficient (Wildman–Crippen LogP) is 2.70. The van der Waals surface area contributed by atoms with E-state index in [0.717, 1.165) is 22.2 Å². The standard InChI is InChI=1S/C21H21N3O4/c1-14-20(16-9-5-6-10-17(16)24-14)18(25)13-28-19(26)12-23-21(27)22-11-15-7-3-2-4-8-15/h2-10,24H,11-13H2,1H3,(H2,22,23,27). The van der Waals surface area contributed by atoms with Crippen molar-refractivity contribution in [1.29, 1.82) is 0 Å². The first-order valence-electron chi connectivity index (χ1n) is 8.86. The molecule has 7 nitrogen and oxygen atoms in total. The van der Waals surface area contributed by atoms with Gasteiger partial charge in [-0.2, -0.15) is 0 Å². The van der Waals surface area contributed by atoms with Gasteiger partial charge in [-0.1, -0.05) is 48.5 Å². The van der Waals surface area contributed by atoms with Gasteiger partial charge in [-0.15, -0.1) is 0 Å². The lowest BCUT2D eigenvalue weighted by Crippen LogP contribution is -2.38. The zero-order chi connectivity index (χ0) is 19.9. The molecule has 3 N–H and O–H groups in total. The molecule has 0 aliphatic carbocycles. The molecule has 0 radical (unpaired) electrons. The molecule has 3 aromatic rings. The highest BCUT2D eigenvalue weighted by molar-refractivity contribution is 6.10. The molecule has 2 amide bonds. The van der Waals surface area contributed by atoms with E-state index in [2.05, 4.69) is 15.6 Å². The number of nitrogens with one attached hydrogen (secondary N) is 3. The molecule has 0 fully saturated rings. The van der Waals surface area contributed by atoms with Crippen molar-refractivity contribution in [3.8, 4) is 0 Å². The summed E-state index contributed by atoms with van der Waals surface area (Å²) in [5.74, 6) is -0.975. The van der Waals surface area contributed by atoms with Crippen molar-refractivity contribution in [2.75, 3.05) is 13.2 Å². The minimum Gasteiger partial charge on any atom is -0.456 e. The molecule has 3 rings (SSSR count). The second-order valence-corrected chi connectivity index (χ2v) is 6.28. The Kier molecular flexibility index (Phi) is 6.06. The summed E-state index contributed by atoms with van der Waals surface area (Å²) in [5, 5.41) is 5.84. The first-order chi connectivity index (χ1) is 13.5. The number of H-pyrrole nitrogens is 1. The summed E-state index contributed by atoms with van der Waals surface area (Å²) in [6, 6.07) is 16.3. The van der Waals surface area contributed by atoms with Gasteiger partial charge in [0, 0.05) is 28.7 Å². The minimum absolute atomic E-state index is 0.295. The van der Waals surface area contributed by atoms with Gasteiger partial charge in [0.05, 0.1) is 0 Å². The Balaban J connectivity index is 1.44. The molecule has 0 atom stereocenters. The van der Waals surface area contributed by atoms with E-state index in [4.69, 9.17) is 4.74 Å².